The Bertz CT molecular complexity index is 1950. The number of para-hydroxylation sites is 1. The van der Waals surface area contributed by atoms with E-state index in [2.05, 4.69) is 31.0 Å². The smallest absolute Gasteiger partial charge is 0.338 e. The molecule has 5 aromatic rings. The van der Waals surface area contributed by atoms with Crippen molar-refractivity contribution in [1.82, 2.24) is 39.1 Å². The summed E-state index contributed by atoms with van der Waals surface area (Å²) in [6, 6.07) is 15.2. The molecule has 1 amide bonds. The van der Waals surface area contributed by atoms with Gasteiger partial charge in [-0.1, -0.05) is 18.2 Å². The van der Waals surface area contributed by atoms with E-state index in [1.807, 2.05) is 58.0 Å². The van der Waals surface area contributed by atoms with Gasteiger partial charge in [-0.3, -0.25) is 14.4 Å². The predicted molar refractivity (Wildman–Crippen MR) is 158 cm³/mol. The number of benzene rings is 1. The number of carbonyl (C=O) groups is 1. The number of nitriles is 1. The van der Waals surface area contributed by atoms with Crippen LogP contribution in [-0.2, 0) is 11.7 Å². The first kappa shape index (κ1) is 29.5. The zero-order chi connectivity index (χ0) is 32.1. The fraction of sp³-hybridized carbons (Fsp3) is 0.312. The Kier molecular flexibility index (Phi) is 7.28. The summed E-state index contributed by atoms with van der Waals surface area (Å²) in [6.07, 6.45) is 4.32. The van der Waals surface area contributed by atoms with E-state index < -0.39 is 34.7 Å². The summed E-state index contributed by atoms with van der Waals surface area (Å²) in [6.45, 7) is 1.68. The summed E-state index contributed by atoms with van der Waals surface area (Å²) in [5, 5.41) is 15.2. The molecule has 0 radical (unpaired) electrons. The van der Waals surface area contributed by atoms with E-state index in [0.717, 1.165) is 40.2 Å². The zero-order valence-electron chi connectivity index (χ0n) is 24.4. The lowest BCUT2D eigenvalue weighted by Gasteiger charge is -2.53. The third-order valence-corrected chi connectivity index (χ3v) is 8.92. The van der Waals surface area contributed by atoms with Gasteiger partial charge in [-0.25, -0.2) is 19.3 Å². The van der Waals surface area contributed by atoms with Crippen LogP contribution in [0.4, 0.5) is 17.6 Å². The normalized spacial score (nSPS) is 17.2. The number of hydrogen-bond donors (Lipinski definition) is 0. The molecule has 2 saturated heterocycles. The largest absolute Gasteiger partial charge is 0.436 e. The van der Waals surface area contributed by atoms with Gasteiger partial charge >= 0.3 is 6.18 Å². The van der Waals surface area contributed by atoms with E-state index in [4.69, 9.17) is 0 Å². The van der Waals surface area contributed by atoms with Gasteiger partial charge in [0, 0.05) is 67.4 Å². The number of halogens is 4. The molecule has 0 spiro atoms. The highest BCUT2D eigenvalue weighted by Gasteiger charge is 2.48. The summed E-state index contributed by atoms with van der Waals surface area (Å²) in [4.78, 5) is 28.7. The number of pyridine rings is 1. The van der Waals surface area contributed by atoms with Crippen LogP contribution in [-0.4, -0.2) is 77.2 Å². The predicted octanol–water partition coefficient (Wildman–Crippen LogP) is 5.07. The number of alkyl halides is 3. The second kappa shape index (κ2) is 11.3. The van der Waals surface area contributed by atoms with Crippen LogP contribution in [0.25, 0.3) is 28.0 Å². The molecule has 0 unspecified atom stereocenters. The van der Waals surface area contributed by atoms with Crippen molar-refractivity contribution in [2.75, 3.05) is 26.2 Å². The first-order valence-corrected chi connectivity index (χ1v) is 14.7. The van der Waals surface area contributed by atoms with Gasteiger partial charge in [-0.2, -0.15) is 23.5 Å². The lowest BCUT2D eigenvalue weighted by Crippen LogP contribution is -2.66. The van der Waals surface area contributed by atoms with Crippen molar-refractivity contribution in [1.29, 1.82) is 5.26 Å². The molecule has 46 heavy (non-hydrogen) atoms. The SMILES string of the molecule is N#CCC1(n2cc(-c3ncnc4c3ccn4-c3ccccc3)cn2)CN(C2CCN(C(=O)c3ccnc(C(F)(F)F)c3F)CC2)C1. The summed E-state index contributed by atoms with van der Waals surface area (Å²) < 4.78 is 57.7. The molecule has 2 fully saturated rings. The van der Waals surface area contributed by atoms with Crippen LogP contribution >= 0.6 is 0 Å². The highest BCUT2D eigenvalue weighted by Crippen LogP contribution is 2.38. The number of aromatic nitrogens is 6. The molecule has 0 aliphatic carbocycles. The molecule has 6 heterocycles. The van der Waals surface area contributed by atoms with Gasteiger partial charge in [-0.15, -0.1) is 0 Å². The van der Waals surface area contributed by atoms with Crippen LogP contribution in [0, 0.1) is 17.1 Å². The van der Waals surface area contributed by atoms with Crippen LogP contribution < -0.4 is 0 Å². The lowest BCUT2D eigenvalue weighted by atomic mass is 9.83. The van der Waals surface area contributed by atoms with E-state index in [-0.39, 0.29) is 25.6 Å². The van der Waals surface area contributed by atoms with Crippen molar-refractivity contribution < 1.29 is 22.4 Å². The molecule has 7 rings (SSSR count). The number of piperidine rings is 1. The van der Waals surface area contributed by atoms with Gasteiger partial charge in [0.2, 0.25) is 0 Å². The van der Waals surface area contributed by atoms with Crippen molar-refractivity contribution in [3.8, 4) is 23.0 Å². The first-order valence-electron chi connectivity index (χ1n) is 14.7. The van der Waals surface area contributed by atoms with Gasteiger partial charge in [0.05, 0.1) is 29.9 Å². The Morgan fingerprint density at radius 2 is 1.80 bits per heavy atom. The van der Waals surface area contributed by atoms with Crippen molar-refractivity contribution in [2.24, 2.45) is 0 Å². The number of nitrogens with zero attached hydrogens (tertiary/aromatic N) is 9. The number of hydrogen-bond acceptors (Lipinski definition) is 7. The Morgan fingerprint density at radius 1 is 1.04 bits per heavy atom. The number of fused-ring (bicyclic) bond motifs is 1. The van der Waals surface area contributed by atoms with Crippen LogP contribution in [0.3, 0.4) is 0 Å². The summed E-state index contributed by atoms with van der Waals surface area (Å²) in [7, 11) is 0. The topological polar surface area (TPSA) is 109 Å². The van der Waals surface area contributed by atoms with Crippen molar-refractivity contribution in [3.63, 3.8) is 0 Å². The van der Waals surface area contributed by atoms with Crippen LogP contribution in [0.5, 0.6) is 0 Å². The second-order valence-electron chi connectivity index (χ2n) is 11.7. The lowest BCUT2D eigenvalue weighted by molar-refractivity contribution is -0.143. The Balaban J connectivity index is 1.04. The zero-order valence-corrected chi connectivity index (χ0v) is 24.4. The maximum Gasteiger partial charge on any atom is 0.436 e. The highest BCUT2D eigenvalue weighted by molar-refractivity contribution is 5.94. The maximum absolute atomic E-state index is 14.5. The molecule has 14 heteroatoms. The minimum atomic E-state index is -4.99. The average molecular weight is 630 g/mol. The summed E-state index contributed by atoms with van der Waals surface area (Å²) in [5.74, 6) is -2.44. The van der Waals surface area contributed by atoms with Gasteiger partial charge in [-0.05, 0) is 37.1 Å². The quantitative estimate of drug-likeness (QED) is 0.242. The van der Waals surface area contributed by atoms with E-state index in [1.54, 1.807) is 6.20 Å². The first-order chi connectivity index (χ1) is 22.2. The number of carbonyl (C=O) groups excluding carboxylic acids is 1. The fourth-order valence-electron chi connectivity index (χ4n) is 6.55. The van der Waals surface area contributed by atoms with Crippen LogP contribution in [0.1, 0.15) is 35.3 Å². The Morgan fingerprint density at radius 3 is 2.52 bits per heavy atom. The summed E-state index contributed by atoms with van der Waals surface area (Å²) >= 11 is 0. The number of amides is 1. The van der Waals surface area contributed by atoms with Crippen LogP contribution in [0.15, 0.2) is 73.6 Å². The Labute approximate surface area is 260 Å². The fourth-order valence-corrected chi connectivity index (χ4v) is 6.55. The molecule has 2 aliphatic heterocycles. The molecule has 10 nitrogen and oxygen atoms in total. The van der Waals surface area contributed by atoms with Crippen LogP contribution in [0.2, 0.25) is 0 Å². The van der Waals surface area contributed by atoms with Gasteiger partial charge in [0.25, 0.3) is 5.91 Å². The second-order valence-corrected chi connectivity index (χ2v) is 11.7. The van der Waals surface area contributed by atoms with E-state index in [1.165, 1.54) is 11.2 Å². The van der Waals surface area contributed by atoms with Crippen molar-refractivity contribution >= 4 is 16.9 Å². The molecule has 0 bridgehead atoms. The van der Waals surface area contributed by atoms with Crippen molar-refractivity contribution in [2.45, 2.75) is 37.0 Å². The number of rotatable bonds is 6. The monoisotopic (exact) mass is 629 g/mol. The molecular weight excluding hydrogens is 602 g/mol. The molecule has 2 aliphatic rings. The molecule has 0 atom stereocenters. The third kappa shape index (κ3) is 5.06. The molecule has 1 aromatic carbocycles. The maximum atomic E-state index is 14.5. The molecule has 234 valence electrons. The van der Waals surface area contributed by atoms with Crippen molar-refractivity contribution in [3.05, 3.63) is 90.7 Å². The molecule has 4 aromatic heterocycles. The van der Waals surface area contributed by atoms with E-state index in [9.17, 15) is 27.6 Å². The summed E-state index contributed by atoms with van der Waals surface area (Å²) in [5.41, 5.74) is 0.413. The highest BCUT2D eigenvalue weighted by atomic mass is 19.4. The standard InChI is InChI=1S/C32H27F4N9O/c33-26-24(6-12-38-28(26)32(34,35)36)30(46)42-13-7-22(8-14-42)43-18-31(19-43,10-11-37)45-17-21(16-41-45)27-25-9-15-44(29(25)40-20-39-27)23-4-2-1-3-5-23/h1-6,9,12,15-17,20,22H,7-8,10,13-14,18-19H2. The van der Waals surface area contributed by atoms with Gasteiger partial charge in [0.1, 0.15) is 17.5 Å². The molecule has 0 saturated carbocycles. The number of likely N-dealkylation sites (tertiary alicyclic amines) is 2. The minimum absolute atomic E-state index is 0.0955. The van der Waals surface area contributed by atoms with E-state index >= 15 is 0 Å². The van der Waals surface area contributed by atoms with E-state index in [0.29, 0.717) is 25.9 Å². The van der Waals surface area contributed by atoms with Gasteiger partial charge in [0.15, 0.2) is 11.5 Å². The minimum Gasteiger partial charge on any atom is -0.338 e. The average Bonchev–Trinajstić information content (AvgIpc) is 3.71. The molecule has 0 N–H and O–H groups in total. The van der Waals surface area contributed by atoms with Gasteiger partial charge < -0.3 is 9.47 Å². The molecular formula is C32H27F4N9O. The third-order valence-electron chi connectivity index (χ3n) is 8.92. The Hall–Kier alpha value is -5.16.